The maximum absolute atomic E-state index is 13.1. The van der Waals surface area contributed by atoms with Crippen LogP contribution in [-0.4, -0.2) is 25.9 Å². The number of aromatic nitrogens is 3. The molecular formula is C35H32N6O2. The monoisotopic (exact) mass is 568 g/mol. The number of nitrogens with one attached hydrogen (secondary N) is 2. The summed E-state index contributed by atoms with van der Waals surface area (Å²) < 4.78 is 1.88. The van der Waals surface area contributed by atoms with Gasteiger partial charge in [-0.1, -0.05) is 121 Å². The Labute approximate surface area is 249 Å². The molecule has 1 atom stereocenters. The zero-order valence-corrected chi connectivity index (χ0v) is 23.7. The number of benzene rings is 4. The van der Waals surface area contributed by atoms with E-state index in [-0.39, 0.29) is 24.3 Å². The van der Waals surface area contributed by atoms with Gasteiger partial charge in [-0.15, -0.1) is 0 Å². The normalized spacial score (nSPS) is 12.1. The van der Waals surface area contributed by atoms with Crippen molar-refractivity contribution >= 4 is 28.6 Å². The minimum absolute atomic E-state index is 0.229. The van der Waals surface area contributed by atoms with Crippen LogP contribution in [0.25, 0.3) is 10.9 Å². The molecule has 0 fully saturated rings. The number of aliphatic hydroxyl groups is 1. The number of nitrogen functional groups attached to an aromatic ring is 1. The molecule has 6 rings (SSSR count). The average molecular weight is 569 g/mol. The largest absolute Gasteiger partial charge is 0.390 e. The van der Waals surface area contributed by atoms with Crippen molar-refractivity contribution in [2.24, 2.45) is 0 Å². The Bertz CT molecular complexity index is 1750. The van der Waals surface area contributed by atoms with E-state index in [9.17, 15) is 9.90 Å². The molecule has 0 aliphatic carbocycles. The molecule has 43 heavy (non-hydrogen) atoms. The van der Waals surface area contributed by atoms with E-state index >= 15 is 0 Å². The van der Waals surface area contributed by atoms with Crippen molar-refractivity contribution in [1.82, 2.24) is 20.1 Å². The fourth-order valence-corrected chi connectivity index (χ4v) is 5.75. The van der Waals surface area contributed by atoms with Gasteiger partial charge in [-0.05, 0) is 29.2 Å². The number of nitrogens with zero attached hydrogens (tertiary/aromatic N) is 3. The molecule has 4 aromatic carbocycles. The molecule has 2 amide bonds. The lowest BCUT2D eigenvalue weighted by molar-refractivity contribution is 0.249. The summed E-state index contributed by atoms with van der Waals surface area (Å²) in [7, 11) is 0. The second-order valence-corrected chi connectivity index (χ2v) is 10.3. The number of hydrogen-bond donors (Lipinski definition) is 4. The first-order valence-electron chi connectivity index (χ1n) is 14.1. The SMILES string of the molecule is C[C@@H](NC(=O)Nc1cc2c(c(N)nn2C(c2ccccc2)(c2ccccc2)c2ccccc2)c(CO)n1)c1ccccc1. The number of fused-ring (bicyclic) bond motifs is 1. The van der Waals surface area contributed by atoms with Gasteiger partial charge in [0.05, 0.1) is 29.2 Å². The highest BCUT2D eigenvalue weighted by Gasteiger charge is 2.41. The van der Waals surface area contributed by atoms with Crippen LogP contribution in [0.2, 0.25) is 0 Å². The first-order chi connectivity index (χ1) is 21.0. The Morgan fingerprint density at radius 1 is 0.837 bits per heavy atom. The molecule has 0 saturated heterocycles. The quantitative estimate of drug-likeness (QED) is 0.162. The summed E-state index contributed by atoms with van der Waals surface area (Å²) in [6.07, 6.45) is 0. The minimum Gasteiger partial charge on any atom is -0.390 e. The van der Waals surface area contributed by atoms with Gasteiger partial charge >= 0.3 is 6.03 Å². The number of carbonyl (C=O) groups is 1. The van der Waals surface area contributed by atoms with Gasteiger partial charge in [0, 0.05) is 6.07 Å². The molecule has 0 aliphatic rings. The molecule has 6 aromatic rings. The zero-order chi connectivity index (χ0) is 29.8. The van der Waals surface area contributed by atoms with Crippen LogP contribution in [0.1, 0.15) is 40.9 Å². The van der Waals surface area contributed by atoms with Crippen molar-refractivity contribution in [2.45, 2.75) is 25.1 Å². The van der Waals surface area contributed by atoms with Crippen molar-refractivity contribution < 1.29 is 9.90 Å². The third-order valence-electron chi connectivity index (χ3n) is 7.70. The van der Waals surface area contributed by atoms with Gasteiger partial charge in [-0.3, -0.25) is 5.32 Å². The van der Waals surface area contributed by atoms with Crippen LogP contribution in [0, 0.1) is 0 Å². The number of hydrogen-bond acceptors (Lipinski definition) is 5. The van der Waals surface area contributed by atoms with Crippen LogP contribution in [-0.2, 0) is 12.1 Å². The molecule has 214 valence electrons. The number of anilines is 2. The lowest BCUT2D eigenvalue weighted by atomic mass is 9.77. The predicted octanol–water partition coefficient (Wildman–Crippen LogP) is 6.23. The van der Waals surface area contributed by atoms with Crippen LogP contribution in [0.5, 0.6) is 0 Å². The Kier molecular flexibility index (Phi) is 7.59. The van der Waals surface area contributed by atoms with E-state index in [4.69, 9.17) is 10.8 Å². The third-order valence-corrected chi connectivity index (χ3v) is 7.70. The van der Waals surface area contributed by atoms with Gasteiger partial charge in [0.2, 0.25) is 0 Å². The highest BCUT2D eigenvalue weighted by Crippen LogP contribution is 2.43. The van der Waals surface area contributed by atoms with E-state index in [1.54, 1.807) is 6.07 Å². The second-order valence-electron chi connectivity index (χ2n) is 10.3. The summed E-state index contributed by atoms with van der Waals surface area (Å²) >= 11 is 0. The maximum Gasteiger partial charge on any atom is 0.320 e. The van der Waals surface area contributed by atoms with Crippen molar-refractivity contribution in [2.75, 3.05) is 11.1 Å². The molecule has 0 spiro atoms. The summed E-state index contributed by atoms with van der Waals surface area (Å²) in [5.74, 6) is 0.492. The topological polar surface area (TPSA) is 118 Å². The molecule has 0 aliphatic heterocycles. The first kappa shape index (κ1) is 27.7. The molecule has 0 unspecified atom stereocenters. The number of aliphatic hydroxyl groups excluding tert-OH is 1. The number of amides is 2. The number of carbonyl (C=O) groups excluding carboxylic acids is 1. The van der Waals surface area contributed by atoms with Crippen molar-refractivity contribution in [3.05, 3.63) is 155 Å². The molecule has 8 heteroatoms. The molecule has 0 bridgehead atoms. The van der Waals surface area contributed by atoms with Gasteiger partial charge in [0.1, 0.15) is 11.4 Å². The fraction of sp³-hybridized carbons (Fsp3) is 0.114. The van der Waals surface area contributed by atoms with E-state index in [1.807, 2.05) is 96.5 Å². The Morgan fingerprint density at radius 2 is 1.33 bits per heavy atom. The highest BCUT2D eigenvalue weighted by molar-refractivity contribution is 5.96. The average Bonchev–Trinajstić information content (AvgIpc) is 3.39. The third kappa shape index (κ3) is 5.09. The van der Waals surface area contributed by atoms with E-state index < -0.39 is 11.6 Å². The molecule has 0 saturated carbocycles. The van der Waals surface area contributed by atoms with Gasteiger partial charge in [-0.2, -0.15) is 5.10 Å². The van der Waals surface area contributed by atoms with Crippen LogP contribution >= 0.6 is 0 Å². The maximum atomic E-state index is 13.1. The first-order valence-corrected chi connectivity index (χ1v) is 14.1. The molecule has 5 N–H and O–H groups in total. The van der Waals surface area contributed by atoms with E-state index in [0.717, 1.165) is 22.3 Å². The van der Waals surface area contributed by atoms with E-state index in [1.165, 1.54) is 0 Å². The van der Waals surface area contributed by atoms with E-state index in [0.29, 0.717) is 16.6 Å². The van der Waals surface area contributed by atoms with Crippen LogP contribution in [0.3, 0.4) is 0 Å². The van der Waals surface area contributed by atoms with Gasteiger partial charge < -0.3 is 16.2 Å². The van der Waals surface area contributed by atoms with Crippen molar-refractivity contribution in [3.63, 3.8) is 0 Å². The fourth-order valence-electron chi connectivity index (χ4n) is 5.75. The molecular weight excluding hydrogens is 536 g/mol. The van der Waals surface area contributed by atoms with E-state index in [2.05, 4.69) is 52.0 Å². The van der Waals surface area contributed by atoms with Crippen molar-refractivity contribution in [3.8, 4) is 0 Å². The Morgan fingerprint density at radius 3 is 1.81 bits per heavy atom. The Balaban J connectivity index is 1.55. The molecule has 8 nitrogen and oxygen atoms in total. The lowest BCUT2D eigenvalue weighted by Crippen LogP contribution is -2.38. The summed E-state index contributed by atoms with van der Waals surface area (Å²) in [5.41, 5.74) is 10.4. The number of nitrogens with two attached hydrogens (primary N) is 1. The smallest absolute Gasteiger partial charge is 0.320 e. The zero-order valence-electron chi connectivity index (χ0n) is 23.7. The molecule has 2 heterocycles. The minimum atomic E-state index is -0.949. The Hall–Kier alpha value is -5.47. The summed E-state index contributed by atoms with van der Waals surface area (Å²) in [4.78, 5) is 17.7. The standard InChI is InChI=1S/C35H32N6O2/c1-24(25-14-6-2-7-15-25)37-34(43)39-31-22-30-32(29(23-42)38-31)33(36)40-41(30)35(26-16-8-3-9-17-26,27-18-10-4-11-19-27)28-20-12-5-13-21-28/h2-22,24,42H,23H2,1H3,(H2,36,40)(H2,37,38,39,43)/t24-/m1/s1. The molecule has 0 radical (unpaired) electrons. The second kappa shape index (κ2) is 11.8. The van der Waals surface area contributed by atoms with Crippen molar-refractivity contribution in [1.29, 1.82) is 0 Å². The predicted molar refractivity (Wildman–Crippen MR) is 169 cm³/mol. The van der Waals surface area contributed by atoms with Gasteiger partial charge in [0.25, 0.3) is 0 Å². The summed E-state index contributed by atoms with van der Waals surface area (Å²) in [5, 5.41) is 21.7. The highest BCUT2D eigenvalue weighted by atomic mass is 16.3. The van der Waals surface area contributed by atoms with Gasteiger partial charge in [-0.25, -0.2) is 14.5 Å². The number of urea groups is 1. The number of pyridine rings is 1. The van der Waals surface area contributed by atoms with Gasteiger partial charge in [0.15, 0.2) is 5.82 Å². The summed E-state index contributed by atoms with van der Waals surface area (Å²) in [6, 6.07) is 41.1. The number of rotatable bonds is 8. The lowest BCUT2D eigenvalue weighted by Gasteiger charge is -2.37. The van der Waals surface area contributed by atoms with Crippen LogP contribution in [0.4, 0.5) is 16.4 Å². The van der Waals surface area contributed by atoms with Crippen LogP contribution in [0.15, 0.2) is 127 Å². The van der Waals surface area contributed by atoms with Crippen LogP contribution < -0.4 is 16.4 Å². The summed E-state index contributed by atoms with van der Waals surface area (Å²) in [6.45, 7) is 1.52. The molecule has 2 aromatic heterocycles.